The Morgan fingerprint density at radius 2 is 2.06 bits per heavy atom. The molecular formula is C25H28N4O4. The largest absolute Gasteiger partial charge is 0.495 e. The van der Waals surface area contributed by atoms with Crippen LogP contribution in [0.25, 0.3) is 11.0 Å². The van der Waals surface area contributed by atoms with Gasteiger partial charge in [0.05, 0.1) is 19.0 Å². The van der Waals surface area contributed by atoms with Crippen molar-refractivity contribution in [2.45, 2.75) is 19.3 Å². The molecular weight excluding hydrogens is 420 g/mol. The topological polar surface area (TPSA) is 87.9 Å². The van der Waals surface area contributed by atoms with Crippen molar-refractivity contribution in [1.29, 1.82) is 0 Å². The molecule has 1 aliphatic heterocycles. The number of anilines is 1. The zero-order valence-electron chi connectivity index (χ0n) is 18.9. The van der Waals surface area contributed by atoms with E-state index >= 15 is 0 Å². The summed E-state index contributed by atoms with van der Waals surface area (Å²) in [6.45, 7) is 2.07. The third kappa shape index (κ3) is 4.01. The van der Waals surface area contributed by atoms with E-state index < -0.39 is 0 Å². The van der Waals surface area contributed by atoms with Crippen molar-refractivity contribution >= 4 is 28.6 Å². The van der Waals surface area contributed by atoms with Gasteiger partial charge >= 0.3 is 6.03 Å². The maximum absolute atomic E-state index is 13.0. The summed E-state index contributed by atoms with van der Waals surface area (Å²) in [5.74, 6) is 1.24. The summed E-state index contributed by atoms with van der Waals surface area (Å²) in [6, 6.07) is 11.1. The molecule has 1 spiro atoms. The van der Waals surface area contributed by atoms with Crippen LogP contribution in [0.3, 0.4) is 0 Å². The molecule has 1 saturated heterocycles. The van der Waals surface area contributed by atoms with Crippen molar-refractivity contribution in [3.8, 4) is 5.75 Å². The summed E-state index contributed by atoms with van der Waals surface area (Å²) in [5.41, 5.74) is 1.60. The molecule has 0 bridgehead atoms. The number of nitrogens with one attached hydrogen (secondary N) is 1. The minimum atomic E-state index is -0.195. The Hall–Kier alpha value is -3.55. The maximum atomic E-state index is 13.0. The number of pyridine rings is 1. The molecule has 1 atom stereocenters. The summed E-state index contributed by atoms with van der Waals surface area (Å²) in [5, 5.41) is 3.89. The average molecular weight is 449 g/mol. The Labute approximate surface area is 192 Å². The van der Waals surface area contributed by atoms with Gasteiger partial charge in [0.25, 0.3) is 5.91 Å². The number of amides is 3. The van der Waals surface area contributed by atoms with Gasteiger partial charge in [-0.15, -0.1) is 0 Å². The SMILES string of the molecule is COc1ccccc1N(C)C(=O)N1CCC2(CC1)CC2CNC(=O)c1cc2ccncc2o1. The van der Waals surface area contributed by atoms with Gasteiger partial charge in [-0.05, 0) is 54.9 Å². The first-order valence-corrected chi connectivity index (χ1v) is 11.3. The fourth-order valence-corrected chi connectivity index (χ4v) is 5.00. The molecule has 1 saturated carbocycles. The first-order valence-electron chi connectivity index (χ1n) is 11.3. The summed E-state index contributed by atoms with van der Waals surface area (Å²) in [7, 11) is 3.40. The molecule has 1 N–H and O–H groups in total. The highest BCUT2D eigenvalue weighted by Gasteiger charge is 2.55. The standard InChI is InChI=1S/C25H28N4O4/c1-28(19-5-3-4-6-20(19)32-2)24(31)29-11-8-25(9-12-29)14-18(25)15-27-23(30)21-13-17-7-10-26-16-22(17)33-21/h3-7,10,13,16,18H,8-9,11-12,14-15H2,1-2H3,(H,27,30). The lowest BCUT2D eigenvalue weighted by molar-refractivity contribution is 0.0922. The Kier molecular flexibility index (Phi) is 5.44. The fourth-order valence-electron chi connectivity index (χ4n) is 5.00. The Balaban J connectivity index is 1.13. The number of hydrogen-bond acceptors (Lipinski definition) is 5. The molecule has 2 aromatic heterocycles. The number of piperidine rings is 1. The third-order valence-electron chi connectivity index (χ3n) is 7.18. The average Bonchev–Trinajstić information content (AvgIpc) is 3.33. The quantitative estimate of drug-likeness (QED) is 0.639. The number of likely N-dealkylation sites (tertiary alicyclic amines) is 1. The smallest absolute Gasteiger partial charge is 0.324 e. The predicted molar refractivity (Wildman–Crippen MR) is 124 cm³/mol. The molecule has 3 heterocycles. The molecule has 1 aliphatic carbocycles. The van der Waals surface area contributed by atoms with Crippen LogP contribution in [0.4, 0.5) is 10.5 Å². The lowest BCUT2D eigenvalue weighted by Gasteiger charge is -2.35. The molecule has 172 valence electrons. The van der Waals surface area contributed by atoms with Gasteiger partial charge in [0.1, 0.15) is 5.75 Å². The highest BCUT2D eigenvalue weighted by Crippen LogP contribution is 2.59. The van der Waals surface area contributed by atoms with Gasteiger partial charge < -0.3 is 19.4 Å². The number of benzene rings is 1. The van der Waals surface area contributed by atoms with Crippen LogP contribution in [0.15, 0.2) is 53.2 Å². The molecule has 8 heteroatoms. The van der Waals surface area contributed by atoms with E-state index in [1.807, 2.05) is 35.2 Å². The van der Waals surface area contributed by atoms with Gasteiger partial charge in [0.15, 0.2) is 11.3 Å². The van der Waals surface area contributed by atoms with E-state index in [-0.39, 0.29) is 17.4 Å². The number of hydrogen-bond donors (Lipinski definition) is 1. The molecule has 33 heavy (non-hydrogen) atoms. The van der Waals surface area contributed by atoms with Gasteiger partial charge in [-0.25, -0.2) is 4.79 Å². The van der Waals surface area contributed by atoms with Crippen LogP contribution in [0, 0.1) is 11.3 Å². The molecule has 1 aromatic carbocycles. The minimum Gasteiger partial charge on any atom is -0.495 e. The summed E-state index contributed by atoms with van der Waals surface area (Å²) >= 11 is 0. The van der Waals surface area contributed by atoms with Crippen molar-refractivity contribution in [3.63, 3.8) is 0 Å². The summed E-state index contributed by atoms with van der Waals surface area (Å²) < 4.78 is 11.0. The normalized spacial score (nSPS) is 18.8. The van der Waals surface area contributed by atoms with E-state index in [1.165, 1.54) is 0 Å². The Morgan fingerprint density at radius 1 is 1.27 bits per heavy atom. The number of carbonyl (C=O) groups is 2. The first kappa shape index (κ1) is 21.3. The zero-order valence-corrected chi connectivity index (χ0v) is 18.9. The number of urea groups is 1. The second kappa shape index (κ2) is 8.42. The molecule has 8 nitrogen and oxygen atoms in total. The van der Waals surface area contributed by atoms with Crippen molar-refractivity contribution < 1.29 is 18.7 Å². The van der Waals surface area contributed by atoms with Crippen molar-refractivity contribution in [1.82, 2.24) is 15.2 Å². The molecule has 3 aromatic rings. The molecule has 1 unspecified atom stereocenters. The van der Waals surface area contributed by atoms with E-state index in [0.29, 0.717) is 29.6 Å². The lowest BCUT2D eigenvalue weighted by Crippen LogP contribution is -2.46. The highest BCUT2D eigenvalue weighted by atomic mass is 16.5. The molecule has 2 fully saturated rings. The van der Waals surface area contributed by atoms with Crippen molar-refractivity contribution in [3.05, 3.63) is 54.6 Å². The maximum Gasteiger partial charge on any atom is 0.324 e. The van der Waals surface area contributed by atoms with Gasteiger partial charge in [-0.1, -0.05) is 12.1 Å². The monoisotopic (exact) mass is 448 g/mol. The minimum absolute atomic E-state index is 0.0146. The number of rotatable bonds is 5. The third-order valence-corrected chi connectivity index (χ3v) is 7.18. The number of aromatic nitrogens is 1. The van der Waals surface area contributed by atoms with E-state index in [9.17, 15) is 9.59 Å². The van der Waals surface area contributed by atoms with Gasteiger partial charge in [0, 0.05) is 38.3 Å². The number of ether oxygens (including phenoxy) is 1. The summed E-state index contributed by atoms with van der Waals surface area (Å²) in [4.78, 5) is 33.2. The van der Waals surface area contributed by atoms with Crippen LogP contribution < -0.4 is 15.0 Å². The summed E-state index contributed by atoms with van der Waals surface area (Å²) in [6.07, 6.45) is 6.29. The number of nitrogens with zero attached hydrogens (tertiary/aromatic N) is 3. The second-order valence-electron chi connectivity index (χ2n) is 9.00. The van der Waals surface area contributed by atoms with Gasteiger partial charge in [-0.3, -0.25) is 14.7 Å². The number of carbonyl (C=O) groups excluding carboxylic acids is 2. The predicted octanol–water partition coefficient (Wildman–Crippen LogP) is 3.92. The van der Waals surface area contributed by atoms with Crippen LogP contribution in [0.2, 0.25) is 0 Å². The fraction of sp³-hybridized carbons (Fsp3) is 0.400. The van der Waals surface area contributed by atoms with Gasteiger partial charge in [-0.2, -0.15) is 0 Å². The van der Waals surface area contributed by atoms with E-state index in [1.54, 1.807) is 37.5 Å². The highest BCUT2D eigenvalue weighted by molar-refractivity contribution is 5.96. The number of methoxy groups -OCH3 is 1. The Morgan fingerprint density at radius 3 is 2.82 bits per heavy atom. The van der Waals surface area contributed by atoms with E-state index in [4.69, 9.17) is 9.15 Å². The second-order valence-corrected chi connectivity index (χ2v) is 9.00. The Bertz CT molecular complexity index is 1150. The number of fused-ring (bicyclic) bond motifs is 1. The van der Waals surface area contributed by atoms with Crippen LogP contribution in [0.5, 0.6) is 5.75 Å². The number of para-hydroxylation sites is 2. The number of furan rings is 1. The molecule has 5 rings (SSSR count). The van der Waals surface area contributed by atoms with Crippen LogP contribution in [-0.4, -0.2) is 55.6 Å². The van der Waals surface area contributed by atoms with Gasteiger partial charge in [0.2, 0.25) is 0 Å². The van der Waals surface area contributed by atoms with Crippen LogP contribution >= 0.6 is 0 Å². The van der Waals surface area contributed by atoms with Crippen LogP contribution in [0.1, 0.15) is 29.8 Å². The molecule has 0 radical (unpaired) electrons. The van der Waals surface area contributed by atoms with E-state index in [0.717, 1.165) is 43.4 Å². The van der Waals surface area contributed by atoms with Crippen molar-refractivity contribution in [2.75, 3.05) is 38.7 Å². The van der Waals surface area contributed by atoms with Crippen LogP contribution in [-0.2, 0) is 0 Å². The molecule has 2 aliphatic rings. The van der Waals surface area contributed by atoms with E-state index in [2.05, 4.69) is 10.3 Å². The first-order chi connectivity index (χ1) is 16.0. The van der Waals surface area contributed by atoms with Crippen molar-refractivity contribution in [2.24, 2.45) is 11.3 Å². The lowest BCUT2D eigenvalue weighted by atomic mass is 9.91. The zero-order chi connectivity index (χ0) is 23.0. The molecule has 3 amide bonds.